The van der Waals surface area contributed by atoms with Gasteiger partial charge in [-0.05, 0) is 19.1 Å². The molecule has 1 heterocycles. The molecule has 0 spiro atoms. The number of likely N-dealkylation sites (N-methyl/N-ethyl adjacent to an activating group) is 2. The first kappa shape index (κ1) is 16.9. The third-order valence-electron chi connectivity index (χ3n) is 3.78. The largest absolute Gasteiger partial charge is 0.485 e. The third kappa shape index (κ3) is 4.28. The molecule has 1 N–H and O–H groups in total. The van der Waals surface area contributed by atoms with Crippen molar-refractivity contribution < 1.29 is 19.1 Å². The number of amides is 2. The summed E-state index contributed by atoms with van der Waals surface area (Å²) in [5.74, 6) is 0.639. The van der Waals surface area contributed by atoms with Crippen molar-refractivity contribution in [2.75, 3.05) is 45.2 Å². The van der Waals surface area contributed by atoms with Gasteiger partial charge in [0.2, 0.25) is 5.91 Å². The molecule has 23 heavy (non-hydrogen) atoms. The number of nitrogens with one attached hydrogen (secondary N) is 1. The highest BCUT2D eigenvalue weighted by Crippen LogP contribution is 2.32. The van der Waals surface area contributed by atoms with E-state index < -0.39 is 6.09 Å². The zero-order valence-corrected chi connectivity index (χ0v) is 13.7. The van der Waals surface area contributed by atoms with Crippen molar-refractivity contribution >= 4 is 17.7 Å². The maximum atomic E-state index is 12.0. The normalized spacial score (nSPS) is 16.1. The number of anilines is 1. The van der Waals surface area contributed by atoms with E-state index in [2.05, 4.69) is 21.9 Å². The Morgan fingerprint density at radius 3 is 2.87 bits per heavy atom. The molecule has 0 saturated carbocycles. The second kappa shape index (κ2) is 7.71. The molecule has 7 heteroatoms. The van der Waals surface area contributed by atoms with Gasteiger partial charge in [-0.15, -0.1) is 0 Å². The van der Waals surface area contributed by atoms with Crippen molar-refractivity contribution in [3.8, 4) is 5.75 Å². The van der Waals surface area contributed by atoms with Crippen LogP contribution in [-0.2, 0) is 9.53 Å². The van der Waals surface area contributed by atoms with Crippen LogP contribution in [0.5, 0.6) is 5.75 Å². The average molecular weight is 321 g/mol. The van der Waals surface area contributed by atoms with Gasteiger partial charge < -0.3 is 24.6 Å². The van der Waals surface area contributed by atoms with Crippen molar-refractivity contribution in [2.24, 2.45) is 0 Å². The molecule has 1 atom stereocenters. The first-order valence-electron chi connectivity index (χ1n) is 7.61. The molecule has 1 aliphatic rings. The molecular formula is C16H23N3O4. The molecule has 126 valence electrons. The zero-order valence-electron chi connectivity index (χ0n) is 13.7. The summed E-state index contributed by atoms with van der Waals surface area (Å²) in [5.41, 5.74) is 1.08. The predicted octanol–water partition coefficient (Wildman–Crippen LogP) is 1.09. The maximum absolute atomic E-state index is 12.0. The molecule has 0 radical (unpaired) electrons. The number of carbonyl (C=O) groups is 2. The molecule has 0 aliphatic carbocycles. The van der Waals surface area contributed by atoms with Gasteiger partial charge in [-0.3, -0.25) is 4.79 Å². The molecule has 1 aromatic rings. The van der Waals surface area contributed by atoms with Crippen LogP contribution >= 0.6 is 0 Å². The number of para-hydroxylation sites is 2. The molecule has 7 nitrogen and oxygen atoms in total. The van der Waals surface area contributed by atoms with Gasteiger partial charge in [-0.2, -0.15) is 0 Å². The van der Waals surface area contributed by atoms with E-state index in [1.807, 2.05) is 24.3 Å². The van der Waals surface area contributed by atoms with Gasteiger partial charge in [0, 0.05) is 13.6 Å². The van der Waals surface area contributed by atoms with Crippen LogP contribution in [0.4, 0.5) is 10.5 Å². The molecule has 0 fully saturated rings. The Kier molecular flexibility index (Phi) is 5.67. The minimum Gasteiger partial charge on any atom is -0.485 e. The van der Waals surface area contributed by atoms with E-state index in [1.54, 1.807) is 11.9 Å². The lowest BCUT2D eigenvalue weighted by molar-refractivity contribution is -0.129. The number of ether oxygens (including phenoxy) is 2. The SMILES string of the molecule is CCN1C[C@@H](CN(C)C(=O)CNC(=O)OC)Oc2ccccc21. The highest BCUT2D eigenvalue weighted by molar-refractivity contribution is 5.82. The number of nitrogens with zero attached hydrogens (tertiary/aromatic N) is 2. The standard InChI is InChI=1S/C16H23N3O4/c1-4-19-11-12(23-14-8-6-5-7-13(14)19)10-18(2)15(20)9-17-16(21)22-3/h5-8,12H,4,9-11H2,1-3H3,(H,17,21)/t12-/m1/s1. The Morgan fingerprint density at radius 2 is 2.17 bits per heavy atom. The summed E-state index contributed by atoms with van der Waals surface area (Å²) in [6, 6.07) is 7.89. The second-order valence-electron chi connectivity index (χ2n) is 5.37. The Balaban J connectivity index is 1.93. The summed E-state index contributed by atoms with van der Waals surface area (Å²) < 4.78 is 10.4. The van der Waals surface area contributed by atoms with E-state index in [-0.39, 0.29) is 18.6 Å². The summed E-state index contributed by atoms with van der Waals surface area (Å²) in [6.45, 7) is 4.04. The number of alkyl carbamates (subject to hydrolysis) is 1. The van der Waals surface area contributed by atoms with Gasteiger partial charge in [-0.25, -0.2) is 4.79 Å². The number of benzene rings is 1. The van der Waals surface area contributed by atoms with Crippen molar-refractivity contribution in [3.63, 3.8) is 0 Å². The lowest BCUT2D eigenvalue weighted by atomic mass is 10.2. The van der Waals surface area contributed by atoms with Crippen LogP contribution in [0, 0.1) is 0 Å². The molecule has 1 aromatic carbocycles. The molecule has 0 bridgehead atoms. The number of carbonyl (C=O) groups excluding carboxylic acids is 2. The monoisotopic (exact) mass is 321 g/mol. The quantitative estimate of drug-likeness (QED) is 0.879. The molecular weight excluding hydrogens is 298 g/mol. The van der Waals surface area contributed by atoms with Gasteiger partial charge in [-0.1, -0.05) is 12.1 Å². The highest BCUT2D eigenvalue weighted by Gasteiger charge is 2.26. The van der Waals surface area contributed by atoms with Crippen molar-refractivity contribution in [1.82, 2.24) is 10.2 Å². The molecule has 2 amide bonds. The average Bonchev–Trinajstić information content (AvgIpc) is 2.58. The second-order valence-corrected chi connectivity index (χ2v) is 5.37. The van der Waals surface area contributed by atoms with E-state index in [0.29, 0.717) is 6.54 Å². The lowest BCUT2D eigenvalue weighted by Crippen LogP contribution is -2.48. The summed E-state index contributed by atoms with van der Waals surface area (Å²) in [7, 11) is 2.96. The topological polar surface area (TPSA) is 71.1 Å². The molecule has 0 unspecified atom stereocenters. The van der Waals surface area contributed by atoms with Gasteiger partial charge in [0.25, 0.3) is 0 Å². The Labute approximate surface area is 136 Å². The summed E-state index contributed by atoms with van der Waals surface area (Å²) >= 11 is 0. The van der Waals surface area contributed by atoms with Gasteiger partial charge in [0.05, 0.1) is 25.9 Å². The number of hydrogen-bond acceptors (Lipinski definition) is 5. The van der Waals surface area contributed by atoms with Gasteiger partial charge in [0.15, 0.2) is 0 Å². The van der Waals surface area contributed by atoms with Crippen LogP contribution in [0.15, 0.2) is 24.3 Å². The number of fused-ring (bicyclic) bond motifs is 1. The summed E-state index contributed by atoms with van der Waals surface area (Å²) in [4.78, 5) is 26.8. The van der Waals surface area contributed by atoms with E-state index in [1.165, 1.54) is 7.11 Å². The Hall–Kier alpha value is -2.44. The zero-order chi connectivity index (χ0) is 16.8. The number of hydrogen-bond donors (Lipinski definition) is 1. The van der Waals surface area contributed by atoms with Gasteiger partial charge >= 0.3 is 6.09 Å². The van der Waals surface area contributed by atoms with E-state index in [4.69, 9.17) is 4.74 Å². The van der Waals surface area contributed by atoms with E-state index in [9.17, 15) is 9.59 Å². The Bertz CT molecular complexity index is 564. The van der Waals surface area contributed by atoms with Crippen LogP contribution in [0.25, 0.3) is 0 Å². The Morgan fingerprint density at radius 1 is 1.43 bits per heavy atom. The predicted molar refractivity (Wildman–Crippen MR) is 86.8 cm³/mol. The fraction of sp³-hybridized carbons (Fsp3) is 0.500. The van der Waals surface area contributed by atoms with Crippen LogP contribution in [0.3, 0.4) is 0 Å². The smallest absolute Gasteiger partial charge is 0.407 e. The van der Waals surface area contributed by atoms with Crippen LogP contribution in [0.2, 0.25) is 0 Å². The molecule has 0 saturated heterocycles. The molecule has 0 aromatic heterocycles. The maximum Gasteiger partial charge on any atom is 0.407 e. The minimum absolute atomic E-state index is 0.0933. The summed E-state index contributed by atoms with van der Waals surface area (Å²) in [5, 5.41) is 2.38. The van der Waals surface area contributed by atoms with Crippen molar-refractivity contribution in [3.05, 3.63) is 24.3 Å². The molecule has 2 rings (SSSR count). The van der Waals surface area contributed by atoms with Crippen LogP contribution in [-0.4, -0.2) is 63.3 Å². The first-order chi connectivity index (χ1) is 11.0. The van der Waals surface area contributed by atoms with Crippen molar-refractivity contribution in [1.29, 1.82) is 0 Å². The van der Waals surface area contributed by atoms with E-state index >= 15 is 0 Å². The van der Waals surface area contributed by atoms with Crippen molar-refractivity contribution in [2.45, 2.75) is 13.0 Å². The minimum atomic E-state index is -0.619. The first-order valence-corrected chi connectivity index (χ1v) is 7.61. The highest BCUT2D eigenvalue weighted by atomic mass is 16.5. The van der Waals surface area contributed by atoms with Crippen LogP contribution in [0.1, 0.15) is 6.92 Å². The molecule has 1 aliphatic heterocycles. The summed E-state index contributed by atoms with van der Waals surface area (Å²) in [6.07, 6.45) is -0.733. The van der Waals surface area contributed by atoms with E-state index in [0.717, 1.165) is 24.5 Å². The third-order valence-corrected chi connectivity index (χ3v) is 3.78. The fourth-order valence-electron chi connectivity index (χ4n) is 2.54. The van der Waals surface area contributed by atoms with Gasteiger partial charge in [0.1, 0.15) is 18.4 Å². The fourth-order valence-corrected chi connectivity index (χ4v) is 2.54. The van der Waals surface area contributed by atoms with Crippen LogP contribution < -0.4 is 15.0 Å². The number of methoxy groups -OCH3 is 1. The lowest BCUT2D eigenvalue weighted by Gasteiger charge is -2.37. The number of rotatable bonds is 5.